The number of nitrogens with one attached hydrogen (secondary N) is 3. The van der Waals surface area contributed by atoms with Crippen LogP contribution in [0.25, 0.3) is 0 Å². The maximum atomic E-state index is 12.3. The number of piperidine rings is 1. The summed E-state index contributed by atoms with van der Waals surface area (Å²) >= 11 is 0. The molecule has 0 unspecified atom stereocenters. The van der Waals surface area contributed by atoms with Gasteiger partial charge in [-0.1, -0.05) is 0 Å². The number of nitriles is 1. The summed E-state index contributed by atoms with van der Waals surface area (Å²) in [5.41, 5.74) is 0.934. The molecule has 1 saturated heterocycles. The summed E-state index contributed by atoms with van der Waals surface area (Å²) in [7, 11) is 0. The van der Waals surface area contributed by atoms with E-state index in [9.17, 15) is 14.9 Å². The lowest BCUT2D eigenvalue weighted by atomic mass is 10.1. The number of ether oxygens (including phenoxy) is 1. The molecule has 28 heavy (non-hydrogen) atoms. The normalized spacial score (nSPS) is 17.4. The maximum Gasteiger partial charge on any atom is 0.319 e. The highest BCUT2D eigenvalue weighted by atomic mass is 16.5. The van der Waals surface area contributed by atoms with Crippen LogP contribution in [0.4, 0.5) is 10.5 Å². The molecule has 1 heterocycles. The van der Waals surface area contributed by atoms with Crippen molar-refractivity contribution in [3.8, 4) is 11.8 Å². The molecular formula is C20H27N5O3. The molecule has 0 spiro atoms. The van der Waals surface area contributed by atoms with Crippen molar-refractivity contribution < 1.29 is 14.3 Å². The number of hydrogen-bond acceptors (Lipinski definition) is 5. The van der Waals surface area contributed by atoms with E-state index < -0.39 is 0 Å². The van der Waals surface area contributed by atoms with Gasteiger partial charge in [0, 0.05) is 30.9 Å². The molecule has 150 valence electrons. The van der Waals surface area contributed by atoms with E-state index in [0.717, 1.165) is 38.8 Å². The smallest absolute Gasteiger partial charge is 0.319 e. The van der Waals surface area contributed by atoms with Gasteiger partial charge >= 0.3 is 6.03 Å². The molecule has 3 amide bonds. The SMILES string of the molecule is CCOc1ccc(NC(=O)NC2CCN(CC(=O)NC3CC3)CC2)cc1C#N. The van der Waals surface area contributed by atoms with Crippen LogP contribution in [0.1, 0.15) is 38.2 Å². The first-order chi connectivity index (χ1) is 13.6. The van der Waals surface area contributed by atoms with Crippen LogP contribution in [0.3, 0.4) is 0 Å². The minimum absolute atomic E-state index is 0.0703. The Labute approximate surface area is 165 Å². The second-order valence-corrected chi connectivity index (χ2v) is 7.25. The van der Waals surface area contributed by atoms with E-state index in [4.69, 9.17) is 4.74 Å². The monoisotopic (exact) mass is 385 g/mol. The lowest BCUT2D eigenvalue weighted by Gasteiger charge is -2.31. The van der Waals surface area contributed by atoms with Crippen molar-refractivity contribution in [3.05, 3.63) is 23.8 Å². The second kappa shape index (κ2) is 9.42. The number of rotatable bonds is 7. The standard InChI is InChI=1S/C20H27N5O3/c1-2-28-18-6-5-17(11-14(18)12-21)24-20(27)23-16-7-9-25(10-8-16)13-19(26)22-15-3-4-15/h5-6,11,15-16H,2-4,7-10,13H2,1H3,(H,22,26)(H2,23,24,27). The molecule has 8 nitrogen and oxygen atoms in total. The average Bonchev–Trinajstić information content (AvgIpc) is 3.48. The van der Waals surface area contributed by atoms with Crippen molar-refractivity contribution in [1.82, 2.24) is 15.5 Å². The summed E-state index contributed by atoms with van der Waals surface area (Å²) in [6.07, 6.45) is 3.79. The Bertz CT molecular complexity index is 749. The predicted molar refractivity (Wildman–Crippen MR) is 105 cm³/mol. The molecule has 0 aromatic heterocycles. The van der Waals surface area contributed by atoms with Gasteiger partial charge in [0.1, 0.15) is 11.8 Å². The van der Waals surface area contributed by atoms with E-state index in [1.165, 1.54) is 0 Å². The Hall–Kier alpha value is -2.79. The van der Waals surface area contributed by atoms with Crippen molar-refractivity contribution >= 4 is 17.6 Å². The summed E-state index contributed by atoms with van der Waals surface area (Å²) in [6, 6.07) is 7.24. The molecule has 0 bridgehead atoms. The van der Waals surface area contributed by atoms with Crippen molar-refractivity contribution in [3.63, 3.8) is 0 Å². The molecular weight excluding hydrogens is 358 g/mol. The van der Waals surface area contributed by atoms with Gasteiger partial charge in [0.25, 0.3) is 0 Å². The molecule has 8 heteroatoms. The molecule has 1 aliphatic carbocycles. The zero-order valence-corrected chi connectivity index (χ0v) is 16.2. The summed E-state index contributed by atoms with van der Waals surface area (Å²) in [6.45, 7) is 4.32. The van der Waals surface area contributed by atoms with Gasteiger partial charge in [-0.25, -0.2) is 4.79 Å². The van der Waals surface area contributed by atoms with Gasteiger partial charge in [-0.2, -0.15) is 5.26 Å². The molecule has 2 fully saturated rings. The van der Waals surface area contributed by atoms with Crippen LogP contribution in [0, 0.1) is 11.3 Å². The zero-order chi connectivity index (χ0) is 19.9. The molecule has 1 saturated carbocycles. The molecule has 3 N–H and O–H groups in total. The number of nitrogens with zero attached hydrogens (tertiary/aromatic N) is 2. The first kappa shape index (κ1) is 20.0. The Kier molecular flexibility index (Phi) is 6.71. The van der Waals surface area contributed by atoms with Gasteiger partial charge in [-0.3, -0.25) is 9.69 Å². The third-order valence-corrected chi connectivity index (χ3v) is 4.89. The number of carbonyl (C=O) groups excluding carboxylic acids is 2. The highest BCUT2D eigenvalue weighted by Crippen LogP contribution is 2.22. The van der Waals surface area contributed by atoms with Gasteiger partial charge in [-0.15, -0.1) is 0 Å². The van der Waals surface area contributed by atoms with Crippen molar-refractivity contribution in [2.75, 3.05) is 31.6 Å². The Morgan fingerprint density at radius 1 is 1.18 bits per heavy atom. The number of benzene rings is 1. The fourth-order valence-electron chi connectivity index (χ4n) is 3.27. The zero-order valence-electron chi connectivity index (χ0n) is 16.2. The van der Waals surface area contributed by atoms with Crippen LogP contribution in [0.2, 0.25) is 0 Å². The number of urea groups is 1. The predicted octanol–water partition coefficient (Wildman–Crippen LogP) is 1.82. The number of likely N-dealkylation sites (tertiary alicyclic amines) is 1. The van der Waals surface area contributed by atoms with Crippen LogP contribution in [0.15, 0.2) is 18.2 Å². The van der Waals surface area contributed by atoms with Crippen LogP contribution in [-0.4, -0.2) is 55.2 Å². The van der Waals surface area contributed by atoms with E-state index in [2.05, 4.69) is 26.9 Å². The second-order valence-electron chi connectivity index (χ2n) is 7.25. The van der Waals surface area contributed by atoms with Crippen LogP contribution >= 0.6 is 0 Å². The quantitative estimate of drug-likeness (QED) is 0.664. The molecule has 2 aliphatic rings. The van der Waals surface area contributed by atoms with Crippen molar-refractivity contribution in [2.24, 2.45) is 0 Å². The summed E-state index contributed by atoms with van der Waals surface area (Å²) in [4.78, 5) is 26.3. The largest absolute Gasteiger partial charge is 0.492 e. The fraction of sp³-hybridized carbons (Fsp3) is 0.550. The highest BCUT2D eigenvalue weighted by Gasteiger charge is 2.26. The fourth-order valence-corrected chi connectivity index (χ4v) is 3.27. The van der Waals surface area contributed by atoms with Crippen molar-refractivity contribution in [1.29, 1.82) is 5.26 Å². The molecule has 1 aromatic carbocycles. The lowest BCUT2D eigenvalue weighted by molar-refractivity contribution is -0.122. The molecule has 0 radical (unpaired) electrons. The summed E-state index contributed by atoms with van der Waals surface area (Å²) in [5.74, 6) is 0.601. The van der Waals surface area contributed by atoms with Gasteiger partial charge in [-0.05, 0) is 50.8 Å². The van der Waals surface area contributed by atoms with Crippen molar-refractivity contribution in [2.45, 2.75) is 44.7 Å². The van der Waals surface area contributed by atoms with Gasteiger partial charge in [0.2, 0.25) is 5.91 Å². The topological polar surface area (TPSA) is 106 Å². The third kappa shape index (κ3) is 5.86. The molecule has 1 aliphatic heterocycles. The number of hydrogen-bond donors (Lipinski definition) is 3. The third-order valence-electron chi connectivity index (χ3n) is 4.89. The van der Waals surface area contributed by atoms with E-state index in [1.54, 1.807) is 18.2 Å². The van der Waals surface area contributed by atoms with Gasteiger partial charge in [0.15, 0.2) is 0 Å². The number of carbonyl (C=O) groups is 2. The van der Waals surface area contributed by atoms with E-state index in [0.29, 0.717) is 36.2 Å². The summed E-state index contributed by atoms with van der Waals surface area (Å²) < 4.78 is 5.39. The Morgan fingerprint density at radius 2 is 1.89 bits per heavy atom. The molecule has 1 aromatic rings. The van der Waals surface area contributed by atoms with E-state index in [-0.39, 0.29) is 18.0 Å². The number of anilines is 1. The molecule has 0 atom stereocenters. The minimum atomic E-state index is -0.294. The average molecular weight is 385 g/mol. The van der Waals surface area contributed by atoms with E-state index >= 15 is 0 Å². The minimum Gasteiger partial charge on any atom is -0.492 e. The highest BCUT2D eigenvalue weighted by molar-refractivity contribution is 5.89. The molecule has 3 rings (SSSR count). The first-order valence-corrected chi connectivity index (χ1v) is 9.83. The number of amides is 3. The van der Waals surface area contributed by atoms with Crippen LogP contribution in [-0.2, 0) is 4.79 Å². The Morgan fingerprint density at radius 3 is 2.54 bits per heavy atom. The maximum absolute atomic E-state index is 12.3. The van der Waals surface area contributed by atoms with E-state index in [1.807, 2.05) is 6.92 Å². The Balaban J connectivity index is 1.42. The van der Waals surface area contributed by atoms with Gasteiger partial charge < -0.3 is 20.7 Å². The summed E-state index contributed by atoms with van der Waals surface area (Å²) in [5, 5.41) is 18.0. The van der Waals surface area contributed by atoms with Crippen LogP contribution < -0.4 is 20.7 Å². The first-order valence-electron chi connectivity index (χ1n) is 9.83. The lowest BCUT2D eigenvalue weighted by Crippen LogP contribution is -2.48. The van der Waals surface area contributed by atoms with Crippen LogP contribution in [0.5, 0.6) is 5.75 Å². The van der Waals surface area contributed by atoms with Gasteiger partial charge in [0.05, 0.1) is 18.7 Å².